The third-order valence-corrected chi connectivity index (χ3v) is 7.27. The standard InChI is InChI=1S/C23H30N2O5S/c1-3-4-5-15-6-8-16(9-7-15)22(27)24-23-25(14-21(26)28-2)17-12-18-19(13-20(17)31-23)30-11-10-29-18/h12-13,15-16H,3-11,14H2,1-2H3. The number of methoxy groups -OCH3 is 1. The molecule has 1 aliphatic heterocycles. The summed E-state index contributed by atoms with van der Waals surface area (Å²) in [6.45, 7) is 3.20. The van der Waals surface area contributed by atoms with E-state index in [-0.39, 0.29) is 24.3 Å². The van der Waals surface area contributed by atoms with E-state index in [4.69, 9.17) is 14.2 Å². The molecule has 8 heteroatoms. The van der Waals surface area contributed by atoms with Gasteiger partial charge >= 0.3 is 5.97 Å². The van der Waals surface area contributed by atoms with E-state index in [1.807, 2.05) is 12.1 Å². The Balaban J connectivity index is 1.62. The predicted molar refractivity (Wildman–Crippen MR) is 118 cm³/mol. The van der Waals surface area contributed by atoms with E-state index in [0.717, 1.165) is 41.8 Å². The van der Waals surface area contributed by atoms with E-state index in [1.54, 1.807) is 4.57 Å². The second kappa shape index (κ2) is 9.85. The van der Waals surface area contributed by atoms with Crippen molar-refractivity contribution in [2.75, 3.05) is 20.3 Å². The molecule has 0 saturated heterocycles. The fourth-order valence-electron chi connectivity index (χ4n) is 4.41. The highest BCUT2D eigenvalue weighted by molar-refractivity contribution is 7.16. The Morgan fingerprint density at radius 2 is 1.87 bits per heavy atom. The number of nitrogens with zero attached hydrogens (tertiary/aromatic N) is 2. The average molecular weight is 447 g/mol. The zero-order valence-electron chi connectivity index (χ0n) is 18.2. The van der Waals surface area contributed by atoms with Crippen LogP contribution >= 0.6 is 11.3 Å². The molecular formula is C23H30N2O5S. The number of amides is 1. The lowest BCUT2D eigenvalue weighted by atomic mass is 9.79. The van der Waals surface area contributed by atoms with Crippen LogP contribution < -0.4 is 14.3 Å². The van der Waals surface area contributed by atoms with Gasteiger partial charge in [0, 0.05) is 18.1 Å². The molecule has 0 N–H and O–H groups in total. The van der Waals surface area contributed by atoms with Crippen molar-refractivity contribution >= 4 is 33.4 Å². The molecule has 2 aromatic rings. The lowest BCUT2D eigenvalue weighted by Gasteiger charge is -2.26. The van der Waals surface area contributed by atoms with Crippen molar-refractivity contribution in [3.05, 3.63) is 16.9 Å². The Hall–Kier alpha value is -2.35. The number of rotatable bonds is 6. The van der Waals surface area contributed by atoms with Crippen molar-refractivity contribution in [2.45, 2.75) is 58.4 Å². The van der Waals surface area contributed by atoms with Crippen LogP contribution in [-0.4, -0.2) is 36.8 Å². The van der Waals surface area contributed by atoms with E-state index < -0.39 is 0 Å². The fourth-order valence-corrected chi connectivity index (χ4v) is 5.46. The van der Waals surface area contributed by atoms with E-state index >= 15 is 0 Å². The monoisotopic (exact) mass is 446 g/mol. The van der Waals surface area contributed by atoms with Crippen molar-refractivity contribution in [3.63, 3.8) is 0 Å². The fraction of sp³-hybridized carbons (Fsp3) is 0.609. The van der Waals surface area contributed by atoms with Gasteiger partial charge in [-0.05, 0) is 31.6 Å². The number of carbonyl (C=O) groups is 2. The smallest absolute Gasteiger partial charge is 0.325 e. The number of benzene rings is 1. The van der Waals surface area contributed by atoms with Gasteiger partial charge in [0.25, 0.3) is 5.91 Å². The molecule has 1 fully saturated rings. The minimum Gasteiger partial charge on any atom is -0.486 e. The summed E-state index contributed by atoms with van der Waals surface area (Å²) in [5.41, 5.74) is 0.787. The second-order valence-electron chi connectivity index (χ2n) is 8.32. The Morgan fingerprint density at radius 3 is 2.55 bits per heavy atom. The SMILES string of the molecule is CCCCC1CCC(C(=O)N=c2sc3cc4c(cc3n2CC(=O)OC)OCCO4)CC1. The molecule has 0 radical (unpaired) electrons. The number of hydrogen-bond donors (Lipinski definition) is 0. The van der Waals surface area contributed by atoms with Gasteiger partial charge in [-0.2, -0.15) is 4.99 Å². The maximum Gasteiger partial charge on any atom is 0.325 e. The summed E-state index contributed by atoms with van der Waals surface area (Å²) in [4.78, 5) is 30.0. The maximum absolute atomic E-state index is 13.0. The first kappa shape index (κ1) is 21.9. The molecule has 0 unspecified atom stereocenters. The Labute approximate surface area is 186 Å². The van der Waals surface area contributed by atoms with Gasteiger partial charge in [0.1, 0.15) is 19.8 Å². The average Bonchev–Trinajstić information content (AvgIpc) is 3.11. The Kier molecular flexibility index (Phi) is 6.95. The summed E-state index contributed by atoms with van der Waals surface area (Å²) in [6, 6.07) is 3.75. The molecule has 4 rings (SSSR count). The van der Waals surface area contributed by atoms with Gasteiger partial charge in [0.2, 0.25) is 0 Å². The third kappa shape index (κ3) is 4.95. The summed E-state index contributed by atoms with van der Waals surface area (Å²) in [6.07, 6.45) is 7.74. The topological polar surface area (TPSA) is 79.1 Å². The van der Waals surface area contributed by atoms with Crippen LogP contribution in [0.1, 0.15) is 51.9 Å². The van der Waals surface area contributed by atoms with Crippen LogP contribution in [0.2, 0.25) is 0 Å². The van der Waals surface area contributed by atoms with Crippen LogP contribution in [0.5, 0.6) is 11.5 Å². The van der Waals surface area contributed by atoms with Crippen LogP contribution in [-0.2, 0) is 20.9 Å². The molecule has 0 bridgehead atoms. The molecule has 31 heavy (non-hydrogen) atoms. The number of carbonyl (C=O) groups excluding carboxylic acids is 2. The molecule has 7 nitrogen and oxygen atoms in total. The van der Waals surface area contributed by atoms with Gasteiger partial charge in [-0.1, -0.05) is 37.5 Å². The largest absolute Gasteiger partial charge is 0.486 e. The third-order valence-electron chi connectivity index (χ3n) is 6.23. The van der Waals surface area contributed by atoms with Crippen molar-refractivity contribution in [1.82, 2.24) is 4.57 Å². The van der Waals surface area contributed by atoms with Crippen LogP contribution in [0, 0.1) is 11.8 Å². The lowest BCUT2D eigenvalue weighted by molar-refractivity contribution is -0.141. The van der Waals surface area contributed by atoms with Crippen LogP contribution in [0.3, 0.4) is 0 Å². The van der Waals surface area contributed by atoms with Crippen LogP contribution in [0.25, 0.3) is 10.2 Å². The highest BCUT2D eigenvalue weighted by atomic mass is 32.1. The summed E-state index contributed by atoms with van der Waals surface area (Å²) in [5, 5.41) is 0. The van der Waals surface area contributed by atoms with Crippen molar-refractivity contribution in [3.8, 4) is 11.5 Å². The second-order valence-corrected chi connectivity index (χ2v) is 9.33. The number of fused-ring (bicyclic) bond motifs is 2. The van der Waals surface area contributed by atoms with Gasteiger partial charge in [-0.25, -0.2) is 0 Å². The molecule has 1 aromatic heterocycles. The molecule has 0 spiro atoms. The first-order chi connectivity index (χ1) is 15.1. The minimum atomic E-state index is -0.389. The van der Waals surface area contributed by atoms with E-state index in [1.165, 1.54) is 37.7 Å². The number of unbranched alkanes of at least 4 members (excludes halogenated alkanes) is 1. The number of thiazole rings is 1. The zero-order valence-corrected chi connectivity index (χ0v) is 19.0. The van der Waals surface area contributed by atoms with Crippen LogP contribution in [0.4, 0.5) is 0 Å². The number of ether oxygens (including phenoxy) is 3. The van der Waals surface area contributed by atoms with Crippen molar-refractivity contribution in [2.24, 2.45) is 16.8 Å². The van der Waals surface area contributed by atoms with E-state index in [2.05, 4.69) is 11.9 Å². The number of hydrogen-bond acceptors (Lipinski definition) is 6. The van der Waals surface area contributed by atoms with Gasteiger partial charge in [0.05, 0.1) is 17.3 Å². The first-order valence-corrected chi connectivity index (χ1v) is 12.0. The summed E-state index contributed by atoms with van der Waals surface area (Å²) >= 11 is 1.39. The summed E-state index contributed by atoms with van der Waals surface area (Å²) in [7, 11) is 1.36. The molecule has 0 atom stereocenters. The molecule has 1 amide bonds. The first-order valence-electron chi connectivity index (χ1n) is 11.2. The zero-order chi connectivity index (χ0) is 21.8. The molecular weight excluding hydrogens is 416 g/mol. The highest BCUT2D eigenvalue weighted by Gasteiger charge is 2.26. The van der Waals surface area contributed by atoms with Gasteiger partial charge in [0.15, 0.2) is 16.3 Å². The quantitative estimate of drug-likeness (QED) is 0.625. The Morgan fingerprint density at radius 1 is 1.16 bits per heavy atom. The molecule has 2 heterocycles. The molecule has 168 valence electrons. The summed E-state index contributed by atoms with van der Waals surface area (Å²) in [5.74, 6) is 1.54. The summed E-state index contributed by atoms with van der Waals surface area (Å²) < 4.78 is 18.9. The minimum absolute atomic E-state index is 0.00792. The predicted octanol–water partition coefficient (Wildman–Crippen LogP) is 4.07. The lowest BCUT2D eigenvalue weighted by Crippen LogP contribution is -2.26. The van der Waals surface area contributed by atoms with Crippen LogP contribution in [0.15, 0.2) is 17.1 Å². The van der Waals surface area contributed by atoms with E-state index in [9.17, 15) is 9.59 Å². The van der Waals surface area contributed by atoms with Gasteiger partial charge in [-0.15, -0.1) is 0 Å². The molecule has 1 aromatic carbocycles. The molecule has 1 aliphatic carbocycles. The van der Waals surface area contributed by atoms with Gasteiger partial charge in [-0.3, -0.25) is 9.59 Å². The maximum atomic E-state index is 13.0. The highest BCUT2D eigenvalue weighted by Crippen LogP contribution is 2.36. The number of aromatic nitrogens is 1. The molecule has 2 aliphatic rings. The van der Waals surface area contributed by atoms with Crippen molar-refractivity contribution in [1.29, 1.82) is 0 Å². The normalized spacial score (nSPS) is 21.3. The van der Waals surface area contributed by atoms with E-state index in [0.29, 0.717) is 29.5 Å². The van der Waals surface area contributed by atoms with Gasteiger partial charge < -0.3 is 18.8 Å². The van der Waals surface area contributed by atoms with Crippen molar-refractivity contribution < 1.29 is 23.8 Å². The Bertz CT molecular complexity index is 1020. The number of esters is 1. The molecule has 1 saturated carbocycles.